The summed E-state index contributed by atoms with van der Waals surface area (Å²) in [4.78, 5) is 28.8. The quantitative estimate of drug-likeness (QED) is 0.785. The zero-order valence-corrected chi connectivity index (χ0v) is 17.8. The maximum atomic E-state index is 13.8. The first kappa shape index (κ1) is 19.1. The molecule has 4 bridgehead atoms. The highest BCUT2D eigenvalue weighted by atomic mass is 16.2. The number of rotatable bonds is 4. The minimum absolute atomic E-state index is 0.0125. The fraction of sp³-hybridized carbons (Fsp3) is 0.680. The van der Waals surface area contributed by atoms with Crippen LogP contribution < -0.4 is 5.32 Å². The number of nitrogens with zero attached hydrogens (tertiary/aromatic N) is 1. The van der Waals surface area contributed by atoms with Crippen LogP contribution in [-0.4, -0.2) is 29.3 Å². The molecular formula is C25H34N2O2. The third-order valence-corrected chi connectivity index (χ3v) is 8.13. The average Bonchev–Trinajstić information content (AvgIpc) is 3.16. The molecule has 156 valence electrons. The molecule has 4 saturated carbocycles. The van der Waals surface area contributed by atoms with Crippen LogP contribution >= 0.6 is 0 Å². The lowest BCUT2D eigenvalue weighted by atomic mass is 9.49. The predicted octanol–water partition coefficient (Wildman–Crippen LogP) is 4.96. The lowest BCUT2D eigenvalue weighted by Crippen LogP contribution is -2.56. The van der Waals surface area contributed by atoms with Gasteiger partial charge in [-0.15, -0.1) is 0 Å². The lowest BCUT2D eigenvalue weighted by molar-refractivity contribution is -0.160. The fourth-order valence-corrected chi connectivity index (χ4v) is 7.16. The van der Waals surface area contributed by atoms with Gasteiger partial charge in [0.1, 0.15) is 6.04 Å². The van der Waals surface area contributed by atoms with Gasteiger partial charge in [0.15, 0.2) is 0 Å². The summed E-state index contributed by atoms with van der Waals surface area (Å²) in [6, 6.07) is 7.79. The van der Waals surface area contributed by atoms with E-state index in [1.54, 1.807) is 0 Å². The van der Waals surface area contributed by atoms with E-state index in [1.807, 2.05) is 17.0 Å². The molecule has 4 aliphatic carbocycles. The summed E-state index contributed by atoms with van der Waals surface area (Å²) in [5.74, 6) is 2.95. The molecule has 6 rings (SSSR count). The minimum Gasteiger partial charge on any atom is -0.330 e. The summed E-state index contributed by atoms with van der Waals surface area (Å²) >= 11 is 0. The molecule has 1 saturated heterocycles. The maximum absolute atomic E-state index is 13.8. The molecule has 1 aliphatic heterocycles. The lowest BCUT2D eigenvalue weighted by Gasteiger charge is -2.56. The Labute approximate surface area is 174 Å². The Hall–Kier alpha value is -1.84. The topological polar surface area (TPSA) is 49.4 Å². The molecule has 0 radical (unpaired) electrons. The monoisotopic (exact) mass is 394 g/mol. The Morgan fingerprint density at radius 2 is 1.72 bits per heavy atom. The van der Waals surface area contributed by atoms with Crippen LogP contribution in [0.5, 0.6) is 0 Å². The summed E-state index contributed by atoms with van der Waals surface area (Å²) in [7, 11) is 0. The molecule has 1 aromatic rings. The van der Waals surface area contributed by atoms with Crippen molar-refractivity contribution in [2.45, 2.75) is 77.2 Å². The molecule has 5 aliphatic rings. The standard InChI is InChI=1S/C25H34N2O2/c1-16(2)20-5-3-6-21(12-20)26-23(28)22-7-4-8-27(22)24(29)25-13-17-9-18(14-25)11-19(10-17)15-25/h3,5-6,12,16-19,22H,4,7-11,13-15H2,1-2H3,(H,26,28). The molecule has 1 unspecified atom stereocenters. The van der Waals surface area contributed by atoms with E-state index in [-0.39, 0.29) is 17.4 Å². The first-order valence-electron chi connectivity index (χ1n) is 11.7. The van der Waals surface area contributed by atoms with Crippen molar-refractivity contribution < 1.29 is 9.59 Å². The second kappa shape index (κ2) is 7.14. The van der Waals surface area contributed by atoms with Gasteiger partial charge in [0.05, 0.1) is 5.41 Å². The fourth-order valence-electron chi connectivity index (χ4n) is 7.16. The highest BCUT2D eigenvalue weighted by molar-refractivity contribution is 5.98. The third kappa shape index (κ3) is 3.39. The number of carbonyl (C=O) groups is 2. The van der Waals surface area contributed by atoms with Gasteiger partial charge in [-0.2, -0.15) is 0 Å². The Kier molecular flexibility index (Phi) is 4.71. The number of hydrogen-bond acceptors (Lipinski definition) is 2. The van der Waals surface area contributed by atoms with E-state index < -0.39 is 0 Å². The van der Waals surface area contributed by atoms with Gasteiger partial charge in [0.25, 0.3) is 0 Å². The largest absolute Gasteiger partial charge is 0.330 e. The number of anilines is 1. The van der Waals surface area contributed by atoms with Gasteiger partial charge in [-0.05, 0) is 92.7 Å². The van der Waals surface area contributed by atoms with Crippen LogP contribution in [0, 0.1) is 23.2 Å². The molecule has 1 atom stereocenters. The van der Waals surface area contributed by atoms with Crippen molar-refractivity contribution in [3.63, 3.8) is 0 Å². The zero-order chi connectivity index (χ0) is 20.2. The van der Waals surface area contributed by atoms with Crippen LogP contribution in [0.15, 0.2) is 24.3 Å². The van der Waals surface area contributed by atoms with Crippen LogP contribution in [0.25, 0.3) is 0 Å². The van der Waals surface area contributed by atoms with Crippen LogP contribution in [0.3, 0.4) is 0 Å². The van der Waals surface area contributed by atoms with Crippen LogP contribution in [0.2, 0.25) is 0 Å². The molecule has 1 aromatic carbocycles. The summed E-state index contributed by atoms with van der Waals surface area (Å²) in [5.41, 5.74) is 1.90. The van der Waals surface area contributed by atoms with Crippen molar-refractivity contribution in [1.29, 1.82) is 0 Å². The molecule has 0 spiro atoms. The molecular weight excluding hydrogens is 360 g/mol. The van der Waals surface area contributed by atoms with E-state index >= 15 is 0 Å². The van der Waals surface area contributed by atoms with E-state index in [2.05, 4.69) is 31.3 Å². The number of carbonyl (C=O) groups excluding carboxylic acids is 2. The zero-order valence-electron chi connectivity index (χ0n) is 17.8. The van der Waals surface area contributed by atoms with E-state index in [9.17, 15) is 9.59 Å². The van der Waals surface area contributed by atoms with Gasteiger partial charge < -0.3 is 10.2 Å². The van der Waals surface area contributed by atoms with Gasteiger partial charge in [0, 0.05) is 12.2 Å². The molecule has 4 heteroatoms. The molecule has 29 heavy (non-hydrogen) atoms. The molecule has 1 N–H and O–H groups in total. The highest BCUT2D eigenvalue weighted by Crippen LogP contribution is 2.60. The Morgan fingerprint density at radius 3 is 2.34 bits per heavy atom. The van der Waals surface area contributed by atoms with Crippen LogP contribution in [0.1, 0.15) is 76.7 Å². The predicted molar refractivity (Wildman–Crippen MR) is 115 cm³/mol. The van der Waals surface area contributed by atoms with E-state index in [1.165, 1.54) is 24.8 Å². The number of nitrogens with one attached hydrogen (secondary N) is 1. The molecule has 4 nitrogen and oxygen atoms in total. The Balaban J connectivity index is 1.32. The van der Waals surface area contributed by atoms with Crippen molar-refractivity contribution in [3.8, 4) is 0 Å². The van der Waals surface area contributed by atoms with Crippen molar-refractivity contribution in [2.24, 2.45) is 23.2 Å². The number of benzene rings is 1. The smallest absolute Gasteiger partial charge is 0.247 e. The van der Waals surface area contributed by atoms with Crippen molar-refractivity contribution in [2.75, 3.05) is 11.9 Å². The van der Waals surface area contributed by atoms with Gasteiger partial charge in [-0.1, -0.05) is 26.0 Å². The molecule has 5 fully saturated rings. The first-order valence-corrected chi connectivity index (χ1v) is 11.7. The maximum Gasteiger partial charge on any atom is 0.247 e. The summed E-state index contributed by atoms with van der Waals surface area (Å²) in [6.07, 6.45) is 8.93. The normalized spacial score (nSPS) is 35.3. The van der Waals surface area contributed by atoms with E-state index in [0.717, 1.165) is 62.1 Å². The van der Waals surface area contributed by atoms with Gasteiger partial charge in [-0.3, -0.25) is 9.59 Å². The van der Waals surface area contributed by atoms with Crippen molar-refractivity contribution in [3.05, 3.63) is 29.8 Å². The number of hydrogen-bond donors (Lipinski definition) is 1. The molecule has 2 amide bonds. The average molecular weight is 395 g/mol. The van der Waals surface area contributed by atoms with Crippen molar-refractivity contribution >= 4 is 17.5 Å². The van der Waals surface area contributed by atoms with Crippen molar-refractivity contribution in [1.82, 2.24) is 4.90 Å². The SMILES string of the molecule is CC(C)c1cccc(NC(=O)C2CCCN2C(=O)C23CC4CC(CC(C4)C2)C3)c1. The van der Waals surface area contributed by atoms with E-state index in [0.29, 0.717) is 11.8 Å². The number of amides is 2. The summed E-state index contributed by atoms with van der Waals surface area (Å²) < 4.78 is 0. The van der Waals surface area contributed by atoms with Gasteiger partial charge >= 0.3 is 0 Å². The van der Waals surface area contributed by atoms with Gasteiger partial charge in [0.2, 0.25) is 11.8 Å². The highest BCUT2D eigenvalue weighted by Gasteiger charge is 2.56. The number of likely N-dealkylation sites (tertiary alicyclic amines) is 1. The third-order valence-electron chi connectivity index (χ3n) is 8.13. The summed E-state index contributed by atoms with van der Waals surface area (Å²) in [5, 5.41) is 3.10. The Morgan fingerprint density at radius 1 is 1.07 bits per heavy atom. The van der Waals surface area contributed by atoms with Gasteiger partial charge in [-0.25, -0.2) is 0 Å². The molecule has 0 aromatic heterocycles. The second-order valence-corrected chi connectivity index (χ2v) is 10.6. The first-order chi connectivity index (χ1) is 13.9. The van der Waals surface area contributed by atoms with Crippen LogP contribution in [-0.2, 0) is 9.59 Å². The minimum atomic E-state index is -0.307. The summed E-state index contributed by atoms with van der Waals surface area (Å²) in [6.45, 7) is 5.05. The second-order valence-electron chi connectivity index (χ2n) is 10.6. The Bertz CT molecular complexity index is 780. The van der Waals surface area contributed by atoms with Crippen LogP contribution in [0.4, 0.5) is 5.69 Å². The molecule has 1 heterocycles. The van der Waals surface area contributed by atoms with E-state index in [4.69, 9.17) is 0 Å².